The molecule has 0 radical (unpaired) electrons. The van der Waals surface area contributed by atoms with Gasteiger partial charge in [-0.2, -0.15) is 0 Å². The van der Waals surface area contributed by atoms with Gasteiger partial charge in [0.1, 0.15) is 19.3 Å². The Morgan fingerprint density at radius 2 is 0.915 bits per heavy atom. The second-order valence-corrected chi connectivity index (χ2v) is 21.9. The number of ether oxygens (including phenoxy) is 1. The van der Waals surface area contributed by atoms with E-state index < -0.39 is 20.0 Å². The highest BCUT2D eigenvalue weighted by molar-refractivity contribution is 7.47. The summed E-state index contributed by atoms with van der Waals surface area (Å²) < 4.78 is 30.6. The summed E-state index contributed by atoms with van der Waals surface area (Å²) in [7, 11) is 1.45. The van der Waals surface area contributed by atoms with Crippen molar-refractivity contribution < 1.29 is 37.3 Å². The van der Waals surface area contributed by atoms with Crippen molar-refractivity contribution in [1.82, 2.24) is 5.32 Å². The number of esters is 1. The van der Waals surface area contributed by atoms with Crippen LogP contribution >= 0.6 is 7.82 Å². The van der Waals surface area contributed by atoms with E-state index in [0.717, 1.165) is 83.5 Å². The van der Waals surface area contributed by atoms with Gasteiger partial charge in [-0.25, -0.2) is 4.57 Å². The molecule has 10 heteroatoms. The monoisotopic (exact) mass is 1010 g/mol. The van der Waals surface area contributed by atoms with Gasteiger partial charge in [0.25, 0.3) is 0 Å². The van der Waals surface area contributed by atoms with Crippen LogP contribution in [0.15, 0.2) is 85.1 Å². The largest absolute Gasteiger partial charge is 0.472 e. The molecule has 0 spiro atoms. The number of nitrogens with one attached hydrogen (secondary N) is 1. The Balaban J connectivity index is 5.49. The summed E-state index contributed by atoms with van der Waals surface area (Å²) in [6.07, 6.45) is 65.8. The molecular weight excluding hydrogens is 904 g/mol. The number of phosphoric acid groups is 1. The van der Waals surface area contributed by atoms with E-state index in [0.29, 0.717) is 23.9 Å². The summed E-state index contributed by atoms with van der Waals surface area (Å²) in [6.45, 7) is 6.89. The quantitative estimate of drug-likeness (QED) is 0.0156. The Labute approximate surface area is 437 Å². The van der Waals surface area contributed by atoms with Crippen molar-refractivity contribution in [2.45, 2.75) is 251 Å². The Bertz CT molecular complexity index is 1490. The van der Waals surface area contributed by atoms with Gasteiger partial charge in [-0.1, -0.05) is 215 Å². The number of likely N-dealkylation sites (N-methyl/N-ethyl adjacent to an activating group) is 1. The second-order valence-electron chi connectivity index (χ2n) is 20.5. The molecule has 0 aliphatic heterocycles. The smallest absolute Gasteiger partial charge is 0.456 e. The van der Waals surface area contributed by atoms with E-state index in [2.05, 4.69) is 99.0 Å². The van der Waals surface area contributed by atoms with Gasteiger partial charge in [0, 0.05) is 12.8 Å². The Kier molecular flexibility index (Phi) is 48.7. The zero-order chi connectivity index (χ0) is 52.2. The van der Waals surface area contributed by atoms with Crippen molar-refractivity contribution in [3.8, 4) is 0 Å². The van der Waals surface area contributed by atoms with Gasteiger partial charge in [-0.3, -0.25) is 18.6 Å². The molecule has 0 saturated carbocycles. The van der Waals surface area contributed by atoms with Gasteiger partial charge < -0.3 is 19.4 Å². The lowest BCUT2D eigenvalue weighted by Gasteiger charge is -2.27. The molecule has 1 amide bonds. The van der Waals surface area contributed by atoms with E-state index >= 15 is 0 Å². The molecular formula is C61H110N2O7P+. The average molecular weight is 1010 g/mol. The number of hydrogen-bond acceptors (Lipinski definition) is 6. The van der Waals surface area contributed by atoms with Crippen LogP contribution < -0.4 is 5.32 Å². The number of unbranched alkanes of at least 4 members (excludes halogenated alkanes) is 24. The molecule has 0 aliphatic rings. The molecule has 0 saturated heterocycles. The summed E-state index contributed by atoms with van der Waals surface area (Å²) in [6, 6.07) is -0.885. The fourth-order valence-electron chi connectivity index (χ4n) is 7.80. The van der Waals surface area contributed by atoms with E-state index in [9.17, 15) is 19.0 Å². The third-order valence-electron chi connectivity index (χ3n) is 12.3. The topological polar surface area (TPSA) is 111 Å². The van der Waals surface area contributed by atoms with Crippen LogP contribution in [0.1, 0.15) is 239 Å². The summed E-state index contributed by atoms with van der Waals surface area (Å²) >= 11 is 0. The number of hydrogen-bond donors (Lipinski definition) is 2. The number of rotatable bonds is 51. The van der Waals surface area contributed by atoms with Gasteiger partial charge in [-0.15, -0.1) is 0 Å². The van der Waals surface area contributed by atoms with Gasteiger partial charge in [0.15, 0.2) is 0 Å². The fourth-order valence-corrected chi connectivity index (χ4v) is 8.54. The first-order valence-electron chi connectivity index (χ1n) is 28.9. The average Bonchev–Trinajstić information content (AvgIpc) is 3.33. The maximum absolute atomic E-state index is 13.5. The van der Waals surface area contributed by atoms with Crippen LogP contribution in [0.25, 0.3) is 0 Å². The molecule has 9 nitrogen and oxygen atoms in total. The summed E-state index contributed by atoms with van der Waals surface area (Å²) in [4.78, 5) is 37.6. The Morgan fingerprint density at radius 3 is 1.42 bits per heavy atom. The van der Waals surface area contributed by atoms with Crippen molar-refractivity contribution in [2.24, 2.45) is 0 Å². The first-order valence-corrected chi connectivity index (χ1v) is 30.4. The predicted octanol–water partition coefficient (Wildman–Crippen LogP) is 17.4. The molecule has 0 aromatic carbocycles. The molecule has 2 N–H and O–H groups in total. The molecule has 0 bridgehead atoms. The molecule has 0 aromatic heterocycles. The Morgan fingerprint density at radius 1 is 0.507 bits per heavy atom. The number of nitrogens with zero attached hydrogens (tertiary/aromatic N) is 1. The number of carbonyl (C=O) groups is 2. The molecule has 71 heavy (non-hydrogen) atoms. The van der Waals surface area contributed by atoms with Crippen LogP contribution in [-0.2, 0) is 27.9 Å². The number of carbonyl (C=O) groups excluding carboxylic acids is 2. The third kappa shape index (κ3) is 51.9. The van der Waals surface area contributed by atoms with E-state index in [-0.39, 0.29) is 37.9 Å². The highest BCUT2D eigenvalue weighted by Gasteiger charge is 2.30. The summed E-state index contributed by atoms with van der Waals surface area (Å²) in [5, 5.41) is 3.01. The molecule has 0 aliphatic carbocycles. The van der Waals surface area contributed by atoms with Gasteiger partial charge in [0.2, 0.25) is 5.91 Å². The van der Waals surface area contributed by atoms with E-state index in [1.807, 2.05) is 33.3 Å². The van der Waals surface area contributed by atoms with Gasteiger partial charge in [0.05, 0.1) is 33.8 Å². The number of phosphoric ester groups is 1. The van der Waals surface area contributed by atoms with Crippen LogP contribution in [0.3, 0.4) is 0 Å². The number of quaternary nitrogens is 1. The highest BCUT2D eigenvalue weighted by atomic mass is 31.2. The van der Waals surface area contributed by atoms with Crippen molar-refractivity contribution in [2.75, 3.05) is 40.9 Å². The summed E-state index contributed by atoms with van der Waals surface area (Å²) in [5.74, 6) is -0.587. The lowest BCUT2D eigenvalue weighted by Crippen LogP contribution is -2.47. The maximum atomic E-state index is 13.5. The number of allylic oxidation sites excluding steroid dienone is 13. The van der Waals surface area contributed by atoms with Crippen LogP contribution in [0.4, 0.5) is 0 Å². The third-order valence-corrected chi connectivity index (χ3v) is 13.3. The zero-order valence-electron chi connectivity index (χ0n) is 46.7. The molecule has 0 fully saturated rings. The van der Waals surface area contributed by atoms with Crippen molar-refractivity contribution in [3.05, 3.63) is 85.1 Å². The van der Waals surface area contributed by atoms with Gasteiger partial charge >= 0.3 is 13.8 Å². The number of amides is 1. The van der Waals surface area contributed by atoms with E-state index in [1.54, 1.807) is 0 Å². The summed E-state index contributed by atoms with van der Waals surface area (Å²) in [5.41, 5.74) is 0. The molecule has 3 unspecified atom stereocenters. The predicted molar refractivity (Wildman–Crippen MR) is 304 cm³/mol. The molecule has 410 valence electrons. The molecule has 0 aromatic rings. The standard InChI is InChI=1S/C61H109N2O7P/c1-7-10-13-16-19-22-25-28-30-31-33-35-38-41-44-47-50-53-60(64)62-58(57-69-71(66,67)68-56-55-63(4,5)6)59(52-49-46-43-40-37-34-27-24-21-18-15-12-9-3)70-61(65)54-51-48-45-42-39-36-32-29-26-23-20-17-14-11-8-2/h19-20,22-23,26,28-30,33,35,41,44,49,52,58-59H,7-18,21,24-25,27,31-32,34,36-40,42-43,45-48,50-51,53-57H2,1-6H3,(H-,62,64,66,67)/p+1/b22-19-,23-20+,29-26+,30-28-,35-33-,44-41-,52-49+. The lowest BCUT2D eigenvalue weighted by atomic mass is 10.0. The van der Waals surface area contributed by atoms with E-state index in [4.69, 9.17) is 13.8 Å². The minimum atomic E-state index is -4.47. The molecule has 0 rings (SSSR count). The van der Waals surface area contributed by atoms with Crippen LogP contribution in [0, 0.1) is 0 Å². The first-order chi connectivity index (χ1) is 34.4. The van der Waals surface area contributed by atoms with Crippen molar-refractivity contribution >= 4 is 19.7 Å². The minimum absolute atomic E-state index is 0.0248. The lowest BCUT2D eigenvalue weighted by molar-refractivity contribution is -0.870. The van der Waals surface area contributed by atoms with Crippen LogP contribution in [0.2, 0.25) is 0 Å². The molecule has 0 heterocycles. The maximum Gasteiger partial charge on any atom is 0.472 e. The van der Waals surface area contributed by atoms with Crippen molar-refractivity contribution in [1.29, 1.82) is 0 Å². The van der Waals surface area contributed by atoms with Crippen LogP contribution in [-0.4, -0.2) is 74.3 Å². The SMILES string of the molecule is CCCCC/C=C\C/C=C\C/C=C\C/C=C\CCCC(=O)NC(COP(=O)(O)OCC[N+](C)(C)C)C(/C=C/CCCCCCCCCCCCC)OC(=O)CCCCCCCC/C=C/C=C/CCCCC. The normalized spacial score (nSPS) is 14.4. The fraction of sp³-hybridized carbons (Fsp3) is 0.738. The highest BCUT2D eigenvalue weighted by Crippen LogP contribution is 2.43. The van der Waals surface area contributed by atoms with E-state index in [1.165, 1.54) is 109 Å². The minimum Gasteiger partial charge on any atom is -0.456 e. The van der Waals surface area contributed by atoms with Crippen molar-refractivity contribution in [3.63, 3.8) is 0 Å². The zero-order valence-corrected chi connectivity index (χ0v) is 47.6. The first kappa shape index (κ1) is 68.2. The van der Waals surface area contributed by atoms with Crippen LogP contribution in [0.5, 0.6) is 0 Å². The Hall–Kier alpha value is -2.81. The van der Waals surface area contributed by atoms with Gasteiger partial charge in [-0.05, 0) is 96.0 Å². The molecule has 3 atom stereocenters. The second kappa shape index (κ2) is 50.7.